The number of anilines is 3. The van der Waals surface area contributed by atoms with E-state index in [1.54, 1.807) is 0 Å². The fraction of sp³-hybridized carbons (Fsp3) is 0.0270. The third-order valence-electron chi connectivity index (χ3n) is 17.1. The van der Waals surface area contributed by atoms with Crippen LogP contribution in [0.3, 0.4) is 0 Å². The van der Waals surface area contributed by atoms with E-state index in [9.17, 15) is 0 Å². The summed E-state index contributed by atoms with van der Waals surface area (Å²) in [6, 6.07) is 107. The molecule has 0 fully saturated rings. The first-order valence-electron chi connectivity index (χ1n) is 26.2. The zero-order valence-electron chi connectivity index (χ0n) is 41.1. The van der Waals surface area contributed by atoms with Crippen molar-refractivity contribution < 1.29 is 0 Å². The molecule has 16 rings (SSSR count). The Hall–Kier alpha value is -9.56. The van der Waals surface area contributed by atoms with Crippen LogP contribution in [0.5, 0.6) is 0 Å². The van der Waals surface area contributed by atoms with E-state index in [-0.39, 0.29) is 0 Å². The molecule has 0 bridgehead atoms. The van der Waals surface area contributed by atoms with Gasteiger partial charge in [-0.2, -0.15) is 0 Å². The molecule has 1 heteroatoms. The van der Waals surface area contributed by atoms with Gasteiger partial charge in [0.05, 0.1) is 22.2 Å². The van der Waals surface area contributed by atoms with Gasteiger partial charge >= 0.3 is 0 Å². The van der Waals surface area contributed by atoms with Gasteiger partial charge in [0.15, 0.2) is 0 Å². The van der Waals surface area contributed by atoms with E-state index < -0.39 is 10.8 Å². The van der Waals surface area contributed by atoms with Gasteiger partial charge in [0.2, 0.25) is 0 Å². The molecular formula is C74H47N. The van der Waals surface area contributed by atoms with E-state index in [2.05, 4.69) is 290 Å². The van der Waals surface area contributed by atoms with Gasteiger partial charge in [0, 0.05) is 16.8 Å². The Morgan fingerprint density at radius 3 is 1.04 bits per heavy atom. The fourth-order valence-corrected chi connectivity index (χ4v) is 14.2. The molecule has 0 amide bonds. The smallest absolute Gasteiger partial charge is 0.0726 e. The molecule has 2 spiro atoms. The molecule has 0 heterocycles. The van der Waals surface area contributed by atoms with Crippen LogP contribution in [0.15, 0.2) is 285 Å². The van der Waals surface area contributed by atoms with Crippen molar-refractivity contribution in [1.82, 2.24) is 0 Å². The average molecular weight is 950 g/mol. The van der Waals surface area contributed by atoms with E-state index in [1.165, 1.54) is 122 Å². The predicted molar refractivity (Wildman–Crippen MR) is 310 cm³/mol. The Bertz CT molecular complexity index is 4180. The lowest BCUT2D eigenvalue weighted by atomic mass is 9.70. The standard InChI is InChI=1S/C74H47N/c1-2-19-48(20-3-1)49-37-39-50(40-38-49)51-41-44-53(45-42-51)75(71-36-18-34-68-72(71)61-27-9-16-33-67(61)73(68)62-28-11-4-22-55(62)56-23-5-12-29-63(56)73)70-35-17-10-21-54(70)52-43-46-60-59-26-8-15-32-66(59)74(69(60)47-52)64-30-13-6-24-57(64)58-25-7-14-31-65(58)74/h1-47H. The molecule has 1 nitrogen and oxygen atoms in total. The van der Waals surface area contributed by atoms with Gasteiger partial charge in [-0.1, -0.05) is 255 Å². The van der Waals surface area contributed by atoms with Crippen molar-refractivity contribution in [3.05, 3.63) is 330 Å². The van der Waals surface area contributed by atoms with Gasteiger partial charge in [-0.05, 0) is 142 Å². The summed E-state index contributed by atoms with van der Waals surface area (Å²) >= 11 is 0. The third-order valence-corrected chi connectivity index (χ3v) is 17.1. The van der Waals surface area contributed by atoms with Crippen LogP contribution in [0.1, 0.15) is 44.5 Å². The molecule has 75 heavy (non-hydrogen) atoms. The molecule has 0 N–H and O–H groups in total. The lowest BCUT2D eigenvalue weighted by molar-refractivity contribution is 0.793. The zero-order valence-corrected chi connectivity index (χ0v) is 41.1. The SMILES string of the molecule is c1ccc(-c2ccc(-c3ccc(N(c4ccccc4-c4ccc5c(c4)C4(c6ccccc6-c6ccccc64)c4ccccc4-5)c4cccc5c4-c4ccccc4C54c5ccccc5-c5ccccc54)cc3)cc2)cc1. The summed E-state index contributed by atoms with van der Waals surface area (Å²) in [6.07, 6.45) is 0. The molecule has 348 valence electrons. The highest BCUT2D eigenvalue weighted by Crippen LogP contribution is 2.66. The molecule has 12 aromatic carbocycles. The molecule has 4 aliphatic carbocycles. The van der Waals surface area contributed by atoms with Crippen LogP contribution in [0, 0.1) is 0 Å². The van der Waals surface area contributed by atoms with Gasteiger partial charge in [-0.25, -0.2) is 0 Å². The van der Waals surface area contributed by atoms with Crippen molar-refractivity contribution >= 4 is 17.1 Å². The van der Waals surface area contributed by atoms with E-state index in [1.807, 2.05) is 0 Å². The number of nitrogens with zero attached hydrogens (tertiary/aromatic N) is 1. The van der Waals surface area contributed by atoms with E-state index >= 15 is 0 Å². The van der Waals surface area contributed by atoms with Gasteiger partial charge in [-0.15, -0.1) is 0 Å². The van der Waals surface area contributed by atoms with Gasteiger partial charge < -0.3 is 4.90 Å². The first-order chi connectivity index (χ1) is 37.2. The molecule has 0 aromatic heterocycles. The molecule has 0 saturated heterocycles. The second-order valence-corrected chi connectivity index (χ2v) is 20.6. The van der Waals surface area contributed by atoms with E-state index in [0.717, 1.165) is 17.1 Å². The zero-order chi connectivity index (χ0) is 49.2. The number of hydrogen-bond donors (Lipinski definition) is 0. The molecule has 4 aliphatic rings. The third kappa shape index (κ3) is 5.67. The Morgan fingerprint density at radius 1 is 0.200 bits per heavy atom. The van der Waals surface area contributed by atoms with Gasteiger partial charge in [0.25, 0.3) is 0 Å². The second-order valence-electron chi connectivity index (χ2n) is 20.6. The minimum atomic E-state index is -0.479. The molecule has 12 aromatic rings. The average Bonchev–Trinajstić information content (AvgIpc) is 4.22. The van der Waals surface area contributed by atoms with Crippen LogP contribution in [0.2, 0.25) is 0 Å². The number of hydrogen-bond acceptors (Lipinski definition) is 1. The summed E-state index contributed by atoms with van der Waals surface area (Å²) in [5, 5.41) is 0. The topological polar surface area (TPSA) is 3.24 Å². The largest absolute Gasteiger partial charge is 0.309 e. The Kier molecular flexibility index (Phi) is 8.94. The van der Waals surface area contributed by atoms with Crippen LogP contribution in [-0.4, -0.2) is 0 Å². The second kappa shape index (κ2) is 16.0. The quantitative estimate of drug-likeness (QED) is 0.161. The first kappa shape index (κ1) is 42.0. The van der Waals surface area contributed by atoms with Crippen molar-refractivity contribution in [3.8, 4) is 77.9 Å². The summed E-state index contributed by atoms with van der Waals surface area (Å²) in [4.78, 5) is 2.55. The molecule has 0 radical (unpaired) electrons. The first-order valence-corrected chi connectivity index (χ1v) is 26.2. The van der Waals surface area contributed by atoms with Crippen LogP contribution in [0.25, 0.3) is 77.9 Å². The van der Waals surface area contributed by atoms with Gasteiger partial charge in [-0.3, -0.25) is 0 Å². The number of fused-ring (bicyclic) bond motifs is 20. The number of para-hydroxylation sites is 1. The summed E-state index contributed by atoms with van der Waals surface area (Å²) in [5.41, 5.74) is 30.6. The predicted octanol–water partition coefficient (Wildman–Crippen LogP) is 18.8. The molecule has 0 unspecified atom stereocenters. The van der Waals surface area contributed by atoms with Crippen molar-refractivity contribution in [2.45, 2.75) is 10.8 Å². The van der Waals surface area contributed by atoms with Crippen molar-refractivity contribution in [3.63, 3.8) is 0 Å². The van der Waals surface area contributed by atoms with Crippen LogP contribution in [-0.2, 0) is 10.8 Å². The molecular weight excluding hydrogens is 903 g/mol. The summed E-state index contributed by atoms with van der Waals surface area (Å²) in [5.74, 6) is 0. The summed E-state index contributed by atoms with van der Waals surface area (Å²) < 4.78 is 0. The number of benzene rings is 12. The fourth-order valence-electron chi connectivity index (χ4n) is 14.2. The van der Waals surface area contributed by atoms with Crippen molar-refractivity contribution in [1.29, 1.82) is 0 Å². The molecule has 0 saturated carbocycles. The normalized spacial score (nSPS) is 13.8. The maximum atomic E-state index is 2.55. The maximum Gasteiger partial charge on any atom is 0.0726 e. The van der Waals surface area contributed by atoms with E-state index in [0.29, 0.717) is 0 Å². The Labute approximate surface area is 438 Å². The van der Waals surface area contributed by atoms with Crippen molar-refractivity contribution in [2.75, 3.05) is 4.90 Å². The highest BCUT2D eigenvalue weighted by atomic mass is 15.1. The monoisotopic (exact) mass is 949 g/mol. The minimum Gasteiger partial charge on any atom is -0.309 e. The van der Waals surface area contributed by atoms with Crippen LogP contribution < -0.4 is 4.90 Å². The van der Waals surface area contributed by atoms with E-state index in [4.69, 9.17) is 0 Å². The number of rotatable bonds is 6. The lowest BCUT2D eigenvalue weighted by Crippen LogP contribution is -2.26. The van der Waals surface area contributed by atoms with Crippen LogP contribution >= 0.6 is 0 Å². The van der Waals surface area contributed by atoms with Crippen molar-refractivity contribution in [2.24, 2.45) is 0 Å². The Balaban J connectivity index is 0.924. The highest BCUT2D eigenvalue weighted by Gasteiger charge is 2.53. The lowest BCUT2D eigenvalue weighted by Gasteiger charge is -2.33. The summed E-state index contributed by atoms with van der Waals surface area (Å²) in [7, 11) is 0. The summed E-state index contributed by atoms with van der Waals surface area (Å²) in [6.45, 7) is 0. The molecule has 0 aliphatic heterocycles. The Morgan fingerprint density at radius 2 is 0.533 bits per heavy atom. The molecule has 0 atom stereocenters. The maximum absolute atomic E-state index is 2.55. The van der Waals surface area contributed by atoms with Crippen LogP contribution in [0.4, 0.5) is 17.1 Å². The minimum absolute atomic E-state index is 0.453. The highest BCUT2D eigenvalue weighted by molar-refractivity contribution is 6.03. The van der Waals surface area contributed by atoms with Gasteiger partial charge in [0.1, 0.15) is 0 Å².